The van der Waals surface area contributed by atoms with Gasteiger partial charge in [-0.25, -0.2) is 15.0 Å². The Morgan fingerprint density at radius 3 is 2.21 bits per heavy atom. The van der Waals surface area contributed by atoms with E-state index in [0.29, 0.717) is 41.4 Å². The van der Waals surface area contributed by atoms with Crippen LogP contribution in [0, 0.1) is 0 Å². The van der Waals surface area contributed by atoms with Crippen molar-refractivity contribution in [3.8, 4) is 0 Å². The minimum Gasteiger partial charge on any atom is -0.394 e. The second-order valence-corrected chi connectivity index (χ2v) is 9.83. The number of nitrogens with one attached hydrogen (secondary N) is 3. The van der Waals surface area contributed by atoms with Crippen LogP contribution in [0.2, 0.25) is 0 Å². The lowest BCUT2D eigenvalue weighted by molar-refractivity contribution is -0.120. The number of rotatable bonds is 11. The first-order valence-electron chi connectivity index (χ1n) is 13.4. The Hall–Kier alpha value is -4.47. The second-order valence-electron chi connectivity index (χ2n) is 9.83. The van der Waals surface area contributed by atoms with Crippen molar-refractivity contribution >= 4 is 40.2 Å². The molecule has 5 rings (SSSR count). The van der Waals surface area contributed by atoms with Crippen LogP contribution in [-0.2, 0) is 27.2 Å². The van der Waals surface area contributed by atoms with Gasteiger partial charge in [-0.1, -0.05) is 24.3 Å². The number of carbonyl (C=O) groups excluding carboxylic acids is 2. The summed E-state index contributed by atoms with van der Waals surface area (Å²) >= 11 is 0. The van der Waals surface area contributed by atoms with E-state index in [2.05, 4.69) is 30.9 Å². The summed E-state index contributed by atoms with van der Waals surface area (Å²) in [7, 11) is 0. The molecule has 8 N–H and O–H groups in total. The Bertz CT molecular complexity index is 1530. The SMILES string of the molecule is NCCNC(=O)Cc1ccc(NC(=O)Cc2ccc(Nc3ncnc4c3ncn4[C@@H]3O[C@H](CO)[C@H](O)C3O)cc2)cc1. The van der Waals surface area contributed by atoms with Gasteiger partial charge in [-0.05, 0) is 35.4 Å². The number of anilines is 3. The Morgan fingerprint density at radius 1 is 0.905 bits per heavy atom. The molecule has 220 valence electrons. The second kappa shape index (κ2) is 13.0. The number of benzene rings is 2. The van der Waals surface area contributed by atoms with Crippen LogP contribution >= 0.6 is 0 Å². The highest BCUT2D eigenvalue weighted by molar-refractivity contribution is 5.92. The van der Waals surface area contributed by atoms with Crippen LogP contribution in [0.5, 0.6) is 0 Å². The zero-order valence-electron chi connectivity index (χ0n) is 22.6. The molecule has 14 nitrogen and oxygen atoms in total. The van der Waals surface area contributed by atoms with E-state index in [1.54, 1.807) is 24.3 Å². The maximum atomic E-state index is 12.6. The fourth-order valence-electron chi connectivity index (χ4n) is 4.64. The van der Waals surface area contributed by atoms with Gasteiger partial charge in [-0.2, -0.15) is 0 Å². The van der Waals surface area contributed by atoms with Crippen LogP contribution in [0.15, 0.2) is 61.2 Å². The predicted molar refractivity (Wildman–Crippen MR) is 153 cm³/mol. The molecule has 1 saturated heterocycles. The van der Waals surface area contributed by atoms with Crippen LogP contribution in [-0.4, -0.2) is 84.7 Å². The topological polar surface area (TPSA) is 210 Å². The maximum Gasteiger partial charge on any atom is 0.228 e. The molecule has 42 heavy (non-hydrogen) atoms. The molecule has 2 aromatic heterocycles. The van der Waals surface area contributed by atoms with Gasteiger partial charge in [0.25, 0.3) is 0 Å². The summed E-state index contributed by atoms with van der Waals surface area (Å²) in [5.74, 6) is 0.124. The molecule has 0 saturated carbocycles. The van der Waals surface area contributed by atoms with Crippen molar-refractivity contribution in [3.05, 3.63) is 72.3 Å². The minimum absolute atomic E-state index is 0.106. The van der Waals surface area contributed by atoms with E-state index in [-0.39, 0.29) is 24.7 Å². The van der Waals surface area contributed by atoms with E-state index >= 15 is 0 Å². The molecule has 0 aliphatic carbocycles. The summed E-state index contributed by atoms with van der Waals surface area (Å²) in [5, 5.41) is 38.6. The van der Waals surface area contributed by atoms with Crippen molar-refractivity contribution in [2.75, 3.05) is 30.3 Å². The Morgan fingerprint density at radius 2 is 1.57 bits per heavy atom. The minimum atomic E-state index is -1.27. The lowest BCUT2D eigenvalue weighted by atomic mass is 10.1. The number of aliphatic hydroxyl groups is 3. The van der Waals surface area contributed by atoms with Crippen LogP contribution < -0.4 is 21.7 Å². The molecule has 0 spiro atoms. The van der Waals surface area contributed by atoms with E-state index in [1.807, 2.05) is 24.3 Å². The molecule has 0 radical (unpaired) electrons. The molecule has 1 fully saturated rings. The summed E-state index contributed by atoms with van der Waals surface area (Å²) in [6.45, 7) is 0.379. The zero-order chi connectivity index (χ0) is 29.6. The number of carbonyl (C=O) groups is 2. The molecule has 14 heteroatoms. The molecule has 4 aromatic rings. The van der Waals surface area contributed by atoms with E-state index < -0.39 is 31.1 Å². The molecule has 1 unspecified atom stereocenters. The standard InChI is InChI=1S/C28H32N8O6/c29-9-10-30-21(38)11-16-1-5-18(6-2-16)34-22(39)12-17-3-7-19(8-4-17)35-26-23-27(32-14-31-26)36(15-33-23)28-25(41)24(40)20(13-37)42-28/h1-8,14-15,20,24-25,28,37,40-41H,9-13,29H2,(H,30,38)(H,34,39)(H,31,32,35)/t20-,24+,25?,28-/m1/s1. The number of hydrogen-bond acceptors (Lipinski definition) is 11. The van der Waals surface area contributed by atoms with Crippen molar-refractivity contribution in [1.82, 2.24) is 24.8 Å². The maximum absolute atomic E-state index is 12.6. The van der Waals surface area contributed by atoms with Gasteiger partial charge < -0.3 is 41.7 Å². The zero-order valence-corrected chi connectivity index (χ0v) is 22.6. The fraction of sp³-hybridized carbons (Fsp3) is 0.321. The van der Waals surface area contributed by atoms with Crippen molar-refractivity contribution < 1.29 is 29.6 Å². The first-order chi connectivity index (χ1) is 20.4. The third-order valence-electron chi connectivity index (χ3n) is 6.80. The van der Waals surface area contributed by atoms with Gasteiger partial charge in [0.1, 0.15) is 24.6 Å². The molecule has 0 bridgehead atoms. The molecular formula is C28H32N8O6. The average molecular weight is 577 g/mol. The molecule has 3 heterocycles. The number of imidazole rings is 1. The highest BCUT2D eigenvalue weighted by Crippen LogP contribution is 2.32. The first-order valence-corrected chi connectivity index (χ1v) is 13.4. The number of fused-ring (bicyclic) bond motifs is 1. The number of nitrogens with two attached hydrogens (primary N) is 1. The summed E-state index contributed by atoms with van der Waals surface area (Å²) in [6.07, 6.45) is -1.23. The lowest BCUT2D eigenvalue weighted by Crippen LogP contribution is -2.33. The third kappa shape index (κ3) is 6.53. The predicted octanol–water partition coefficient (Wildman–Crippen LogP) is -0.0200. The number of amides is 2. The monoisotopic (exact) mass is 576 g/mol. The summed E-state index contributed by atoms with van der Waals surface area (Å²) < 4.78 is 7.09. The van der Waals surface area contributed by atoms with Gasteiger partial charge in [0.15, 0.2) is 23.2 Å². The summed E-state index contributed by atoms with van der Waals surface area (Å²) in [6, 6.07) is 14.4. The molecule has 1 aliphatic rings. The Labute approximate surface area is 240 Å². The van der Waals surface area contributed by atoms with Gasteiger partial charge >= 0.3 is 0 Å². The van der Waals surface area contributed by atoms with Crippen LogP contribution in [0.25, 0.3) is 11.2 Å². The number of nitrogens with zero attached hydrogens (tertiary/aromatic N) is 4. The highest BCUT2D eigenvalue weighted by atomic mass is 16.6. The van der Waals surface area contributed by atoms with Crippen molar-refractivity contribution in [3.63, 3.8) is 0 Å². The van der Waals surface area contributed by atoms with E-state index in [1.165, 1.54) is 17.2 Å². The van der Waals surface area contributed by atoms with Crippen molar-refractivity contribution in [1.29, 1.82) is 0 Å². The van der Waals surface area contributed by atoms with Crippen LogP contribution in [0.3, 0.4) is 0 Å². The van der Waals surface area contributed by atoms with Gasteiger partial charge in [-0.3, -0.25) is 14.2 Å². The molecule has 2 amide bonds. The molecule has 2 aromatic carbocycles. The van der Waals surface area contributed by atoms with Crippen LogP contribution in [0.1, 0.15) is 17.4 Å². The number of aliphatic hydroxyl groups excluding tert-OH is 3. The van der Waals surface area contributed by atoms with Gasteiger partial charge in [0, 0.05) is 24.5 Å². The van der Waals surface area contributed by atoms with Crippen molar-refractivity contribution in [2.45, 2.75) is 37.4 Å². The van der Waals surface area contributed by atoms with Gasteiger partial charge in [0.05, 0.1) is 25.8 Å². The quantitative estimate of drug-likeness (QED) is 0.126. The Balaban J connectivity index is 1.18. The van der Waals surface area contributed by atoms with Gasteiger partial charge in [-0.15, -0.1) is 0 Å². The number of ether oxygens (including phenoxy) is 1. The summed E-state index contributed by atoms with van der Waals surface area (Å²) in [4.78, 5) is 37.3. The highest BCUT2D eigenvalue weighted by Gasteiger charge is 2.44. The number of hydrogen-bond donors (Lipinski definition) is 7. The largest absolute Gasteiger partial charge is 0.394 e. The number of aromatic nitrogens is 4. The van der Waals surface area contributed by atoms with E-state index in [4.69, 9.17) is 10.5 Å². The Kier molecular flexibility index (Phi) is 9.00. The van der Waals surface area contributed by atoms with Gasteiger partial charge in [0.2, 0.25) is 11.8 Å². The average Bonchev–Trinajstić information content (AvgIpc) is 3.54. The lowest BCUT2D eigenvalue weighted by Gasteiger charge is -2.16. The molecule has 4 atom stereocenters. The smallest absolute Gasteiger partial charge is 0.228 e. The van der Waals surface area contributed by atoms with Crippen molar-refractivity contribution in [2.24, 2.45) is 5.73 Å². The first kappa shape index (κ1) is 29.0. The van der Waals surface area contributed by atoms with E-state index in [9.17, 15) is 24.9 Å². The molecule has 1 aliphatic heterocycles. The van der Waals surface area contributed by atoms with E-state index in [0.717, 1.165) is 11.1 Å². The molecular weight excluding hydrogens is 544 g/mol. The fourth-order valence-corrected chi connectivity index (χ4v) is 4.64. The normalized spacial score (nSPS) is 20.0. The summed E-state index contributed by atoms with van der Waals surface area (Å²) in [5.41, 5.74) is 9.15. The van der Waals surface area contributed by atoms with Crippen LogP contribution in [0.4, 0.5) is 17.2 Å². The third-order valence-corrected chi connectivity index (χ3v) is 6.80.